The van der Waals surface area contributed by atoms with Crippen LogP contribution in [0, 0.1) is 6.92 Å². The number of carbonyl (C=O) groups is 1. The molecule has 0 saturated carbocycles. The molecule has 0 unspecified atom stereocenters. The summed E-state index contributed by atoms with van der Waals surface area (Å²) in [6.45, 7) is 8.29. The highest BCUT2D eigenvalue weighted by atomic mass is 16.5. The van der Waals surface area contributed by atoms with Gasteiger partial charge in [0.15, 0.2) is 0 Å². The molecule has 0 fully saturated rings. The molecule has 100 valence electrons. The monoisotopic (exact) mass is 259 g/mol. The quantitative estimate of drug-likeness (QED) is 0.678. The molecule has 0 saturated heterocycles. The molecule has 1 N–H and O–H groups in total. The van der Waals surface area contributed by atoms with E-state index in [0.717, 1.165) is 11.2 Å². The Morgan fingerprint density at radius 2 is 2.26 bits per heavy atom. The molecule has 0 atom stereocenters. The van der Waals surface area contributed by atoms with Crippen LogP contribution in [0.15, 0.2) is 30.9 Å². The summed E-state index contributed by atoms with van der Waals surface area (Å²) < 4.78 is 7.07. The molecule has 2 aromatic rings. The highest BCUT2D eigenvalue weighted by Crippen LogP contribution is 2.29. The molecule has 0 bridgehead atoms. The van der Waals surface area contributed by atoms with Gasteiger partial charge in [-0.1, -0.05) is 6.08 Å². The van der Waals surface area contributed by atoms with Crippen molar-refractivity contribution in [2.45, 2.75) is 20.4 Å². The van der Waals surface area contributed by atoms with Gasteiger partial charge in [0.05, 0.1) is 12.2 Å². The number of phenols is 1. The van der Waals surface area contributed by atoms with Gasteiger partial charge in [-0.25, -0.2) is 4.79 Å². The maximum absolute atomic E-state index is 12.1. The van der Waals surface area contributed by atoms with Crippen molar-refractivity contribution in [2.75, 3.05) is 6.61 Å². The maximum atomic E-state index is 12.1. The van der Waals surface area contributed by atoms with Crippen molar-refractivity contribution in [3.05, 3.63) is 42.1 Å². The van der Waals surface area contributed by atoms with Crippen molar-refractivity contribution in [3.63, 3.8) is 0 Å². The minimum Gasteiger partial charge on any atom is -0.508 e. The molecule has 0 spiro atoms. The molecule has 2 rings (SSSR count). The number of rotatable bonds is 4. The molecule has 4 heteroatoms. The van der Waals surface area contributed by atoms with E-state index in [1.807, 2.05) is 11.5 Å². The minimum atomic E-state index is -0.363. The van der Waals surface area contributed by atoms with Crippen LogP contribution in [0.3, 0.4) is 0 Å². The number of hydrogen-bond acceptors (Lipinski definition) is 3. The van der Waals surface area contributed by atoms with E-state index < -0.39 is 0 Å². The predicted molar refractivity (Wildman–Crippen MR) is 74.5 cm³/mol. The molecule has 0 aliphatic heterocycles. The van der Waals surface area contributed by atoms with E-state index in [0.29, 0.717) is 24.1 Å². The van der Waals surface area contributed by atoms with Crippen molar-refractivity contribution < 1.29 is 14.6 Å². The van der Waals surface area contributed by atoms with E-state index in [-0.39, 0.29) is 11.7 Å². The van der Waals surface area contributed by atoms with Crippen LogP contribution in [0.25, 0.3) is 10.9 Å². The highest BCUT2D eigenvalue weighted by molar-refractivity contribution is 6.06. The molecule has 4 nitrogen and oxygen atoms in total. The number of esters is 1. The summed E-state index contributed by atoms with van der Waals surface area (Å²) >= 11 is 0. The van der Waals surface area contributed by atoms with Crippen LogP contribution >= 0.6 is 0 Å². The summed E-state index contributed by atoms with van der Waals surface area (Å²) in [4.78, 5) is 12.1. The fraction of sp³-hybridized carbons (Fsp3) is 0.267. The molecule has 1 heterocycles. The van der Waals surface area contributed by atoms with E-state index in [9.17, 15) is 9.90 Å². The second-order valence-electron chi connectivity index (χ2n) is 4.28. The second-order valence-corrected chi connectivity index (χ2v) is 4.28. The predicted octanol–water partition coefficient (Wildman–Crippen LogP) is 3.02. The lowest BCUT2D eigenvalue weighted by molar-refractivity contribution is 0.0527. The van der Waals surface area contributed by atoms with Gasteiger partial charge in [0.25, 0.3) is 0 Å². The van der Waals surface area contributed by atoms with Crippen molar-refractivity contribution >= 4 is 16.9 Å². The van der Waals surface area contributed by atoms with Gasteiger partial charge in [0, 0.05) is 23.1 Å². The average molecular weight is 259 g/mol. The highest BCUT2D eigenvalue weighted by Gasteiger charge is 2.20. The number of benzene rings is 1. The number of aromatic hydroxyl groups is 1. The zero-order chi connectivity index (χ0) is 14.0. The first-order valence-corrected chi connectivity index (χ1v) is 6.20. The van der Waals surface area contributed by atoms with Gasteiger partial charge in [-0.3, -0.25) is 0 Å². The van der Waals surface area contributed by atoms with Crippen molar-refractivity contribution in [1.29, 1.82) is 0 Å². The summed E-state index contributed by atoms with van der Waals surface area (Å²) in [7, 11) is 0. The van der Waals surface area contributed by atoms with Gasteiger partial charge in [-0.2, -0.15) is 0 Å². The number of fused-ring (bicyclic) bond motifs is 1. The lowest BCUT2D eigenvalue weighted by atomic mass is 10.1. The lowest BCUT2D eigenvalue weighted by Crippen LogP contribution is -2.07. The van der Waals surface area contributed by atoms with Gasteiger partial charge in [-0.15, -0.1) is 6.58 Å². The van der Waals surface area contributed by atoms with Gasteiger partial charge in [0.1, 0.15) is 5.75 Å². The van der Waals surface area contributed by atoms with Crippen molar-refractivity contribution in [3.8, 4) is 5.75 Å². The first kappa shape index (κ1) is 13.2. The molecule has 0 aliphatic rings. The molecular weight excluding hydrogens is 242 g/mol. The third-order valence-electron chi connectivity index (χ3n) is 3.10. The number of aromatic nitrogens is 1. The zero-order valence-electron chi connectivity index (χ0n) is 11.1. The second kappa shape index (κ2) is 5.18. The van der Waals surface area contributed by atoms with Crippen molar-refractivity contribution in [2.24, 2.45) is 0 Å². The van der Waals surface area contributed by atoms with E-state index in [2.05, 4.69) is 6.58 Å². The number of carbonyl (C=O) groups excluding carboxylic acids is 1. The SMILES string of the molecule is C=CCn1c(C)c(C(=O)OCC)c2cc(O)ccc21. The summed E-state index contributed by atoms with van der Waals surface area (Å²) in [5.41, 5.74) is 2.21. The van der Waals surface area contributed by atoms with Crippen LogP contribution in [0.5, 0.6) is 5.75 Å². The smallest absolute Gasteiger partial charge is 0.340 e. The summed E-state index contributed by atoms with van der Waals surface area (Å²) in [5.74, 6) is -0.229. The normalized spacial score (nSPS) is 10.6. The Balaban J connectivity index is 2.73. The van der Waals surface area contributed by atoms with Gasteiger partial charge in [-0.05, 0) is 32.0 Å². The largest absolute Gasteiger partial charge is 0.508 e. The van der Waals surface area contributed by atoms with Crippen LogP contribution in [0.1, 0.15) is 23.0 Å². The Labute approximate surface area is 111 Å². The molecule has 19 heavy (non-hydrogen) atoms. The number of ether oxygens (including phenoxy) is 1. The molecule has 1 aromatic carbocycles. The Morgan fingerprint density at radius 1 is 1.53 bits per heavy atom. The van der Waals surface area contributed by atoms with Crippen molar-refractivity contribution in [1.82, 2.24) is 4.57 Å². The topological polar surface area (TPSA) is 51.5 Å². The van der Waals surface area contributed by atoms with E-state index in [4.69, 9.17) is 4.74 Å². The van der Waals surface area contributed by atoms with E-state index in [1.165, 1.54) is 0 Å². The van der Waals surface area contributed by atoms with E-state index in [1.54, 1.807) is 31.2 Å². The summed E-state index contributed by atoms with van der Waals surface area (Å²) in [6, 6.07) is 4.99. The molecule has 1 aromatic heterocycles. The Kier molecular flexibility index (Phi) is 3.60. The fourth-order valence-corrected chi connectivity index (χ4v) is 2.30. The van der Waals surface area contributed by atoms with Crippen LogP contribution in [0.4, 0.5) is 0 Å². The Bertz CT molecular complexity index is 640. The number of allylic oxidation sites excluding steroid dienone is 1. The summed E-state index contributed by atoms with van der Waals surface area (Å²) in [6.07, 6.45) is 1.77. The van der Waals surface area contributed by atoms with Gasteiger partial charge >= 0.3 is 5.97 Å². The van der Waals surface area contributed by atoms with Crippen LogP contribution in [-0.4, -0.2) is 22.2 Å². The Morgan fingerprint density at radius 3 is 2.89 bits per heavy atom. The first-order valence-electron chi connectivity index (χ1n) is 6.20. The summed E-state index contributed by atoms with van der Waals surface area (Å²) in [5, 5.41) is 10.3. The Hall–Kier alpha value is -2.23. The van der Waals surface area contributed by atoms with Gasteiger partial charge < -0.3 is 14.4 Å². The first-order chi connectivity index (χ1) is 9.10. The van der Waals surface area contributed by atoms with Gasteiger partial charge in [0.2, 0.25) is 0 Å². The third kappa shape index (κ3) is 2.21. The van der Waals surface area contributed by atoms with Crippen LogP contribution in [-0.2, 0) is 11.3 Å². The average Bonchev–Trinajstić information content (AvgIpc) is 2.63. The number of nitrogens with zero attached hydrogens (tertiary/aromatic N) is 1. The standard InChI is InChI=1S/C15H17NO3/c1-4-8-16-10(3)14(15(18)19-5-2)12-9-11(17)6-7-13(12)16/h4,6-7,9,17H,1,5,8H2,2-3H3. The fourth-order valence-electron chi connectivity index (χ4n) is 2.30. The minimum absolute atomic E-state index is 0.133. The molecule has 0 amide bonds. The number of phenolic OH excluding ortho intramolecular Hbond substituents is 1. The number of hydrogen-bond donors (Lipinski definition) is 1. The van der Waals surface area contributed by atoms with E-state index >= 15 is 0 Å². The third-order valence-corrected chi connectivity index (χ3v) is 3.10. The maximum Gasteiger partial charge on any atom is 0.340 e. The molecular formula is C15H17NO3. The van der Waals surface area contributed by atoms with Crippen LogP contribution < -0.4 is 0 Å². The van der Waals surface area contributed by atoms with Crippen LogP contribution in [0.2, 0.25) is 0 Å². The zero-order valence-corrected chi connectivity index (χ0v) is 11.1. The molecule has 0 aliphatic carbocycles. The molecule has 0 radical (unpaired) electrons. The lowest BCUT2D eigenvalue weighted by Gasteiger charge is -2.05.